The molecule has 0 aromatic carbocycles. The Morgan fingerprint density at radius 2 is 2.07 bits per heavy atom. The Labute approximate surface area is 85.6 Å². The van der Waals surface area contributed by atoms with E-state index in [0.29, 0.717) is 6.61 Å². The molecule has 1 aliphatic rings. The first-order valence-corrected chi connectivity index (χ1v) is 5.51. The lowest BCUT2D eigenvalue weighted by molar-refractivity contribution is 0.0945. The van der Waals surface area contributed by atoms with E-state index in [9.17, 15) is 4.79 Å². The summed E-state index contributed by atoms with van der Waals surface area (Å²) in [5.74, 6) is 0. The standard InChI is InChI=1S/C10H20N2O2/c1-2-3-9-14-10(13)11-12-7-5-4-6-8-12/h2-9H2,1H3,(H,11,13). The van der Waals surface area contributed by atoms with Crippen molar-refractivity contribution in [1.29, 1.82) is 0 Å². The minimum Gasteiger partial charge on any atom is -0.449 e. The van der Waals surface area contributed by atoms with Gasteiger partial charge in [0.1, 0.15) is 0 Å². The van der Waals surface area contributed by atoms with Crippen molar-refractivity contribution in [2.75, 3.05) is 19.7 Å². The van der Waals surface area contributed by atoms with Crippen LogP contribution in [0.15, 0.2) is 0 Å². The molecule has 1 rings (SSSR count). The van der Waals surface area contributed by atoms with E-state index in [4.69, 9.17) is 4.74 Å². The number of hydrogen-bond acceptors (Lipinski definition) is 3. The average molecular weight is 200 g/mol. The molecule has 1 amide bonds. The summed E-state index contributed by atoms with van der Waals surface area (Å²) in [4.78, 5) is 11.2. The number of carbonyl (C=O) groups excluding carboxylic acids is 1. The summed E-state index contributed by atoms with van der Waals surface area (Å²) in [6.45, 7) is 4.49. The van der Waals surface area contributed by atoms with Crippen LogP contribution in [0.3, 0.4) is 0 Å². The molecule has 4 heteroatoms. The number of ether oxygens (including phenoxy) is 1. The van der Waals surface area contributed by atoms with Crippen LogP contribution in [0.1, 0.15) is 39.0 Å². The largest absolute Gasteiger partial charge is 0.449 e. The van der Waals surface area contributed by atoms with E-state index < -0.39 is 0 Å². The lowest BCUT2D eigenvalue weighted by Gasteiger charge is -2.26. The van der Waals surface area contributed by atoms with Crippen LogP contribution in [0.2, 0.25) is 0 Å². The number of unbranched alkanes of at least 4 members (excludes halogenated alkanes) is 1. The molecule has 14 heavy (non-hydrogen) atoms. The van der Waals surface area contributed by atoms with Gasteiger partial charge >= 0.3 is 6.09 Å². The molecule has 0 unspecified atom stereocenters. The fourth-order valence-corrected chi connectivity index (χ4v) is 1.48. The number of rotatable bonds is 4. The van der Waals surface area contributed by atoms with Crippen molar-refractivity contribution >= 4 is 6.09 Å². The van der Waals surface area contributed by atoms with Crippen LogP contribution in [-0.4, -0.2) is 30.8 Å². The van der Waals surface area contributed by atoms with Crippen LogP contribution < -0.4 is 5.43 Å². The Balaban J connectivity index is 2.06. The van der Waals surface area contributed by atoms with Crippen LogP contribution >= 0.6 is 0 Å². The zero-order chi connectivity index (χ0) is 10.2. The molecule has 0 atom stereocenters. The average Bonchev–Trinajstić information content (AvgIpc) is 2.20. The SMILES string of the molecule is CCCCOC(=O)NN1CCCCC1. The molecular weight excluding hydrogens is 180 g/mol. The van der Waals surface area contributed by atoms with Crippen molar-refractivity contribution in [1.82, 2.24) is 10.4 Å². The topological polar surface area (TPSA) is 41.6 Å². The summed E-state index contributed by atoms with van der Waals surface area (Å²) >= 11 is 0. The van der Waals surface area contributed by atoms with E-state index in [-0.39, 0.29) is 6.09 Å². The summed E-state index contributed by atoms with van der Waals surface area (Å²) in [6.07, 6.45) is 5.28. The van der Waals surface area contributed by atoms with Crippen molar-refractivity contribution in [3.8, 4) is 0 Å². The lowest BCUT2D eigenvalue weighted by atomic mass is 10.2. The Morgan fingerprint density at radius 3 is 2.71 bits per heavy atom. The van der Waals surface area contributed by atoms with Gasteiger partial charge < -0.3 is 4.74 Å². The number of carbonyl (C=O) groups is 1. The monoisotopic (exact) mass is 200 g/mol. The predicted molar refractivity (Wildman–Crippen MR) is 54.8 cm³/mol. The Morgan fingerprint density at radius 1 is 1.36 bits per heavy atom. The Bertz CT molecular complexity index is 168. The van der Waals surface area contributed by atoms with Gasteiger partial charge in [-0.25, -0.2) is 9.80 Å². The van der Waals surface area contributed by atoms with Crippen LogP contribution in [0.25, 0.3) is 0 Å². The number of nitrogens with one attached hydrogen (secondary N) is 1. The zero-order valence-corrected chi connectivity index (χ0v) is 8.92. The molecule has 0 spiro atoms. The van der Waals surface area contributed by atoms with Crippen molar-refractivity contribution in [2.45, 2.75) is 39.0 Å². The zero-order valence-electron chi connectivity index (χ0n) is 8.92. The number of nitrogens with zero attached hydrogens (tertiary/aromatic N) is 1. The third-order valence-corrected chi connectivity index (χ3v) is 2.34. The minimum atomic E-state index is -0.305. The minimum absolute atomic E-state index is 0.305. The maximum atomic E-state index is 11.2. The van der Waals surface area contributed by atoms with Crippen LogP contribution in [0, 0.1) is 0 Å². The predicted octanol–water partition coefficient (Wildman–Crippen LogP) is 1.91. The quantitative estimate of drug-likeness (QED) is 0.705. The molecule has 0 aliphatic carbocycles. The first kappa shape index (κ1) is 11.3. The number of amides is 1. The first-order chi connectivity index (χ1) is 6.83. The van der Waals surface area contributed by atoms with E-state index in [2.05, 4.69) is 12.3 Å². The van der Waals surface area contributed by atoms with E-state index in [0.717, 1.165) is 38.8 Å². The highest BCUT2D eigenvalue weighted by Crippen LogP contribution is 2.05. The first-order valence-electron chi connectivity index (χ1n) is 5.51. The van der Waals surface area contributed by atoms with Crippen molar-refractivity contribution in [2.24, 2.45) is 0 Å². The van der Waals surface area contributed by atoms with E-state index in [1.807, 2.05) is 5.01 Å². The van der Waals surface area contributed by atoms with E-state index in [1.54, 1.807) is 0 Å². The van der Waals surface area contributed by atoms with Gasteiger partial charge in [-0.1, -0.05) is 19.8 Å². The van der Waals surface area contributed by atoms with E-state index >= 15 is 0 Å². The summed E-state index contributed by atoms with van der Waals surface area (Å²) in [6, 6.07) is 0. The van der Waals surface area contributed by atoms with Gasteiger partial charge in [0, 0.05) is 13.1 Å². The van der Waals surface area contributed by atoms with Crippen molar-refractivity contribution in [3.63, 3.8) is 0 Å². The van der Waals surface area contributed by atoms with Gasteiger partial charge in [0.15, 0.2) is 0 Å². The van der Waals surface area contributed by atoms with Gasteiger partial charge in [0.05, 0.1) is 6.61 Å². The molecule has 4 nitrogen and oxygen atoms in total. The third kappa shape index (κ3) is 4.46. The molecule has 1 fully saturated rings. The van der Waals surface area contributed by atoms with Gasteiger partial charge in [0.25, 0.3) is 0 Å². The van der Waals surface area contributed by atoms with Gasteiger partial charge in [-0.2, -0.15) is 0 Å². The molecule has 1 saturated heterocycles. The smallest absolute Gasteiger partial charge is 0.421 e. The second kappa shape index (κ2) is 6.65. The third-order valence-electron chi connectivity index (χ3n) is 2.34. The molecule has 0 bridgehead atoms. The maximum absolute atomic E-state index is 11.2. The normalized spacial score (nSPS) is 17.8. The molecule has 0 radical (unpaired) electrons. The highest BCUT2D eigenvalue weighted by atomic mass is 16.6. The number of hydrogen-bond donors (Lipinski definition) is 1. The summed E-state index contributed by atoms with van der Waals surface area (Å²) in [5, 5.41) is 1.94. The molecular formula is C10H20N2O2. The summed E-state index contributed by atoms with van der Waals surface area (Å²) < 4.78 is 4.99. The van der Waals surface area contributed by atoms with Crippen LogP contribution in [-0.2, 0) is 4.74 Å². The number of piperidine rings is 1. The summed E-state index contributed by atoms with van der Waals surface area (Å²) in [7, 11) is 0. The number of hydrazine groups is 1. The second-order valence-electron chi connectivity index (χ2n) is 3.65. The molecule has 1 aliphatic heterocycles. The molecule has 0 saturated carbocycles. The fourth-order valence-electron chi connectivity index (χ4n) is 1.48. The Hall–Kier alpha value is -0.770. The lowest BCUT2D eigenvalue weighted by Crippen LogP contribution is -2.45. The van der Waals surface area contributed by atoms with Crippen molar-refractivity contribution in [3.05, 3.63) is 0 Å². The fraction of sp³-hybridized carbons (Fsp3) is 0.900. The van der Waals surface area contributed by atoms with Crippen LogP contribution in [0.4, 0.5) is 4.79 Å². The van der Waals surface area contributed by atoms with Crippen molar-refractivity contribution < 1.29 is 9.53 Å². The van der Waals surface area contributed by atoms with Gasteiger partial charge in [-0.3, -0.25) is 5.43 Å². The second-order valence-corrected chi connectivity index (χ2v) is 3.65. The summed E-state index contributed by atoms with van der Waals surface area (Å²) in [5.41, 5.74) is 2.75. The van der Waals surface area contributed by atoms with Gasteiger partial charge in [-0.05, 0) is 19.3 Å². The highest BCUT2D eigenvalue weighted by Gasteiger charge is 2.12. The molecule has 1 N–H and O–H groups in total. The van der Waals surface area contributed by atoms with Crippen LogP contribution in [0.5, 0.6) is 0 Å². The van der Waals surface area contributed by atoms with Gasteiger partial charge in [-0.15, -0.1) is 0 Å². The van der Waals surface area contributed by atoms with E-state index in [1.165, 1.54) is 6.42 Å². The van der Waals surface area contributed by atoms with Gasteiger partial charge in [0.2, 0.25) is 0 Å². The maximum Gasteiger partial charge on any atom is 0.421 e. The molecule has 1 heterocycles. The molecule has 0 aromatic heterocycles. The molecule has 0 aromatic rings. The highest BCUT2D eigenvalue weighted by molar-refractivity contribution is 5.66. The Kier molecular flexibility index (Phi) is 5.37. The molecule has 82 valence electrons.